The Morgan fingerprint density at radius 1 is 0.972 bits per heavy atom. The van der Waals surface area contributed by atoms with E-state index in [0.717, 1.165) is 46.8 Å². The van der Waals surface area contributed by atoms with Crippen molar-refractivity contribution in [3.8, 4) is 5.75 Å². The minimum absolute atomic E-state index is 0.101. The van der Waals surface area contributed by atoms with Crippen LogP contribution in [0.5, 0.6) is 5.75 Å². The molecular weight excluding hydrogens is 516 g/mol. The van der Waals surface area contributed by atoms with Gasteiger partial charge in [0, 0.05) is 23.5 Å². The zero-order valence-electron chi connectivity index (χ0n) is 20.7. The summed E-state index contributed by atoms with van der Waals surface area (Å²) in [6.45, 7) is 2.22. The summed E-state index contributed by atoms with van der Waals surface area (Å²) in [6.07, 6.45) is 4.67. The van der Waals surface area contributed by atoms with Crippen molar-refractivity contribution in [3.63, 3.8) is 0 Å². The monoisotopic (exact) mass is 548 g/mol. The number of nitrogens with one attached hydrogen (secondary N) is 1. The number of carbonyl (C=O) groups is 2. The maximum Gasteiger partial charge on any atom is 0.261 e. The van der Waals surface area contributed by atoms with E-state index in [9.17, 15) is 9.59 Å². The van der Waals surface area contributed by atoms with Crippen molar-refractivity contribution >= 4 is 27.7 Å². The first-order chi connectivity index (χ1) is 17.5. The number of halogens is 1. The highest BCUT2D eigenvalue weighted by Crippen LogP contribution is 2.21. The van der Waals surface area contributed by atoms with Gasteiger partial charge in [0.1, 0.15) is 11.8 Å². The van der Waals surface area contributed by atoms with E-state index in [1.807, 2.05) is 79.7 Å². The molecule has 6 heteroatoms. The topological polar surface area (TPSA) is 58.6 Å². The van der Waals surface area contributed by atoms with E-state index < -0.39 is 6.04 Å². The second-order valence-corrected chi connectivity index (χ2v) is 10.4. The molecule has 5 nitrogen and oxygen atoms in total. The Labute approximate surface area is 222 Å². The standard InChI is InChI=1S/C30H33BrN2O3/c1-22-8-7-11-24(18-22)20-33(29(34)21-36-27-16-14-25(31)15-17-27)28(19-23-9-3-2-4-10-23)30(35)32-26-12-5-6-13-26/h2-4,7-11,14-18,26,28H,5-6,12-13,19-21H2,1H3,(H,32,35)/t28-/m1/s1. The average Bonchev–Trinajstić information content (AvgIpc) is 3.39. The van der Waals surface area contributed by atoms with Crippen LogP contribution in [0, 0.1) is 6.92 Å². The van der Waals surface area contributed by atoms with Gasteiger partial charge >= 0.3 is 0 Å². The number of nitrogens with zero attached hydrogens (tertiary/aromatic N) is 1. The Balaban J connectivity index is 1.60. The highest BCUT2D eigenvalue weighted by atomic mass is 79.9. The molecule has 0 bridgehead atoms. The largest absolute Gasteiger partial charge is 0.484 e. The minimum atomic E-state index is -0.644. The summed E-state index contributed by atoms with van der Waals surface area (Å²) in [5, 5.41) is 3.23. The van der Waals surface area contributed by atoms with Crippen LogP contribution >= 0.6 is 15.9 Å². The van der Waals surface area contributed by atoms with Crippen LogP contribution in [-0.4, -0.2) is 35.4 Å². The lowest BCUT2D eigenvalue weighted by Crippen LogP contribution is -2.53. The number of rotatable bonds is 10. The zero-order valence-corrected chi connectivity index (χ0v) is 22.2. The van der Waals surface area contributed by atoms with Gasteiger partial charge in [-0.15, -0.1) is 0 Å². The molecule has 3 aromatic rings. The van der Waals surface area contributed by atoms with Crippen LogP contribution in [0.15, 0.2) is 83.3 Å². The fourth-order valence-corrected chi connectivity index (χ4v) is 4.95. The van der Waals surface area contributed by atoms with E-state index in [0.29, 0.717) is 18.7 Å². The molecular formula is C30H33BrN2O3. The molecule has 0 aliphatic heterocycles. The Bertz CT molecular complexity index is 1140. The molecule has 1 saturated carbocycles. The number of benzene rings is 3. The molecule has 4 rings (SSSR count). The second kappa shape index (κ2) is 12.7. The van der Waals surface area contributed by atoms with Crippen molar-refractivity contribution < 1.29 is 14.3 Å². The Morgan fingerprint density at radius 2 is 1.67 bits per heavy atom. The van der Waals surface area contributed by atoms with Gasteiger partial charge < -0.3 is 15.0 Å². The van der Waals surface area contributed by atoms with Crippen LogP contribution in [0.1, 0.15) is 42.4 Å². The quantitative estimate of drug-likeness (QED) is 0.346. The highest BCUT2D eigenvalue weighted by Gasteiger charge is 2.32. The Hall–Kier alpha value is -3.12. The smallest absolute Gasteiger partial charge is 0.261 e. The van der Waals surface area contributed by atoms with Crippen LogP contribution in [0.25, 0.3) is 0 Å². The summed E-state index contributed by atoms with van der Waals surface area (Å²) in [7, 11) is 0. The molecule has 0 heterocycles. The van der Waals surface area contributed by atoms with Gasteiger partial charge in [-0.2, -0.15) is 0 Å². The number of amides is 2. The maximum absolute atomic E-state index is 13.7. The van der Waals surface area contributed by atoms with E-state index in [2.05, 4.69) is 27.3 Å². The molecule has 3 aromatic carbocycles. The summed E-state index contributed by atoms with van der Waals surface area (Å²) in [6, 6.07) is 24.9. The fourth-order valence-electron chi connectivity index (χ4n) is 4.69. The van der Waals surface area contributed by atoms with Crippen LogP contribution in [0.3, 0.4) is 0 Å². The predicted molar refractivity (Wildman–Crippen MR) is 146 cm³/mol. The molecule has 1 aliphatic carbocycles. The lowest BCUT2D eigenvalue weighted by atomic mass is 10.0. The number of hydrogen-bond donors (Lipinski definition) is 1. The van der Waals surface area contributed by atoms with Crippen molar-refractivity contribution in [2.45, 2.75) is 57.7 Å². The molecule has 0 aromatic heterocycles. The Morgan fingerprint density at radius 3 is 2.36 bits per heavy atom. The number of aryl methyl sites for hydroxylation is 1. The van der Waals surface area contributed by atoms with E-state index >= 15 is 0 Å². The second-order valence-electron chi connectivity index (χ2n) is 9.45. The first-order valence-electron chi connectivity index (χ1n) is 12.6. The average molecular weight is 550 g/mol. The molecule has 1 N–H and O–H groups in total. The van der Waals surface area contributed by atoms with E-state index in [1.165, 1.54) is 0 Å². The van der Waals surface area contributed by atoms with Crippen molar-refractivity contribution in [3.05, 3.63) is 100 Å². The predicted octanol–water partition coefficient (Wildman–Crippen LogP) is 5.84. The van der Waals surface area contributed by atoms with E-state index in [-0.39, 0.29) is 24.5 Å². The van der Waals surface area contributed by atoms with Gasteiger partial charge in [-0.25, -0.2) is 0 Å². The van der Waals surface area contributed by atoms with E-state index in [1.54, 1.807) is 4.90 Å². The molecule has 0 radical (unpaired) electrons. The van der Waals surface area contributed by atoms with Crippen LogP contribution in [0.2, 0.25) is 0 Å². The van der Waals surface area contributed by atoms with Gasteiger partial charge in [-0.05, 0) is 55.2 Å². The molecule has 0 saturated heterocycles. The van der Waals surface area contributed by atoms with Gasteiger partial charge in [0.25, 0.3) is 5.91 Å². The molecule has 0 spiro atoms. The molecule has 1 atom stereocenters. The van der Waals surface area contributed by atoms with Gasteiger partial charge in [0.05, 0.1) is 0 Å². The Kier molecular flexibility index (Phi) is 9.17. The summed E-state index contributed by atoms with van der Waals surface area (Å²) in [5.74, 6) is 0.286. The summed E-state index contributed by atoms with van der Waals surface area (Å²) >= 11 is 3.42. The number of carbonyl (C=O) groups excluding carboxylic acids is 2. The molecule has 0 unspecified atom stereocenters. The summed E-state index contributed by atoms with van der Waals surface area (Å²) < 4.78 is 6.77. The number of ether oxygens (including phenoxy) is 1. The minimum Gasteiger partial charge on any atom is -0.484 e. The van der Waals surface area contributed by atoms with Crippen LogP contribution < -0.4 is 10.1 Å². The van der Waals surface area contributed by atoms with Crippen molar-refractivity contribution in [2.75, 3.05) is 6.61 Å². The lowest BCUT2D eigenvalue weighted by Gasteiger charge is -2.32. The SMILES string of the molecule is Cc1cccc(CN(C(=O)COc2ccc(Br)cc2)[C@H](Cc2ccccc2)C(=O)NC2CCCC2)c1. The van der Waals surface area contributed by atoms with Gasteiger partial charge in [-0.1, -0.05) is 88.9 Å². The number of hydrogen-bond acceptors (Lipinski definition) is 3. The zero-order chi connectivity index (χ0) is 25.3. The first kappa shape index (κ1) is 26.0. The van der Waals surface area contributed by atoms with Gasteiger partial charge in [0.15, 0.2) is 6.61 Å². The lowest BCUT2D eigenvalue weighted by molar-refractivity contribution is -0.143. The third-order valence-corrected chi connectivity index (χ3v) is 7.11. The van der Waals surface area contributed by atoms with Crippen molar-refractivity contribution in [2.24, 2.45) is 0 Å². The normalized spacial score (nSPS) is 14.3. The van der Waals surface area contributed by atoms with Gasteiger partial charge in [0.2, 0.25) is 5.91 Å². The molecule has 1 fully saturated rings. The molecule has 2 amide bonds. The van der Waals surface area contributed by atoms with Crippen molar-refractivity contribution in [1.29, 1.82) is 0 Å². The van der Waals surface area contributed by atoms with Crippen LogP contribution in [-0.2, 0) is 22.6 Å². The molecule has 188 valence electrons. The van der Waals surface area contributed by atoms with E-state index in [4.69, 9.17) is 4.74 Å². The fraction of sp³-hybridized carbons (Fsp3) is 0.333. The first-order valence-corrected chi connectivity index (χ1v) is 13.3. The third kappa shape index (κ3) is 7.44. The van der Waals surface area contributed by atoms with Crippen LogP contribution in [0.4, 0.5) is 0 Å². The maximum atomic E-state index is 13.7. The van der Waals surface area contributed by atoms with Crippen molar-refractivity contribution in [1.82, 2.24) is 10.2 Å². The third-order valence-electron chi connectivity index (χ3n) is 6.58. The summed E-state index contributed by atoms with van der Waals surface area (Å²) in [5.41, 5.74) is 3.11. The summed E-state index contributed by atoms with van der Waals surface area (Å²) in [4.78, 5) is 29.0. The molecule has 36 heavy (non-hydrogen) atoms. The highest BCUT2D eigenvalue weighted by molar-refractivity contribution is 9.10. The van der Waals surface area contributed by atoms with Gasteiger partial charge in [-0.3, -0.25) is 9.59 Å². The molecule has 1 aliphatic rings.